The Balaban J connectivity index is 2.71. The number of aryl methyl sites for hydroxylation is 1. The molecule has 0 fully saturated rings. The van der Waals surface area contributed by atoms with E-state index in [4.69, 9.17) is 4.74 Å². The molecule has 3 nitrogen and oxygen atoms in total. The number of ether oxygens (including phenoxy) is 1. The summed E-state index contributed by atoms with van der Waals surface area (Å²) in [6.45, 7) is 13.6. The molecule has 0 aromatic carbocycles. The van der Waals surface area contributed by atoms with Crippen LogP contribution in [0.3, 0.4) is 0 Å². The van der Waals surface area contributed by atoms with Crippen molar-refractivity contribution >= 4 is 0 Å². The summed E-state index contributed by atoms with van der Waals surface area (Å²) in [6, 6.07) is 4.15. The number of rotatable bonds is 6. The average molecular weight is 264 g/mol. The molecule has 0 spiro atoms. The second kappa shape index (κ2) is 6.90. The fourth-order valence-electron chi connectivity index (χ4n) is 1.91. The molecule has 108 valence electrons. The summed E-state index contributed by atoms with van der Waals surface area (Å²) in [4.78, 5) is 4.45. The summed E-state index contributed by atoms with van der Waals surface area (Å²) in [5.41, 5.74) is 2.35. The van der Waals surface area contributed by atoms with E-state index in [1.165, 1.54) is 5.56 Å². The fraction of sp³-hybridized carbons (Fsp3) is 0.688. The average Bonchev–Trinajstić information content (AvgIpc) is 2.25. The van der Waals surface area contributed by atoms with Crippen LogP contribution in [0, 0.1) is 6.92 Å². The smallest absolute Gasteiger partial charge is 0.214 e. The van der Waals surface area contributed by atoms with Crippen LogP contribution < -0.4 is 10.1 Å². The van der Waals surface area contributed by atoms with Crippen LogP contribution in [0.1, 0.15) is 58.7 Å². The highest BCUT2D eigenvalue weighted by atomic mass is 16.5. The first-order valence-electron chi connectivity index (χ1n) is 7.19. The molecule has 0 saturated heterocycles. The molecule has 0 amide bonds. The summed E-state index contributed by atoms with van der Waals surface area (Å²) in [7, 11) is 0. The van der Waals surface area contributed by atoms with Gasteiger partial charge in [0.25, 0.3) is 0 Å². The van der Waals surface area contributed by atoms with Gasteiger partial charge in [-0.15, -0.1) is 0 Å². The molecule has 1 heterocycles. The number of nitrogens with zero attached hydrogens (tertiary/aromatic N) is 1. The van der Waals surface area contributed by atoms with Crippen LogP contribution in [-0.4, -0.2) is 16.6 Å². The zero-order valence-corrected chi connectivity index (χ0v) is 13.2. The summed E-state index contributed by atoms with van der Waals surface area (Å²) in [6.07, 6.45) is 2.42. The largest absolute Gasteiger partial charge is 0.475 e. The third kappa shape index (κ3) is 6.58. The van der Waals surface area contributed by atoms with Gasteiger partial charge in [-0.1, -0.05) is 13.3 Å². The zero-order valence-electron chi connectivity index (χ0n) is 13.2. The van der Waals surface area contributed by atoms with Gasteiger partial charge >= 0.3 is 0 Å². The molecule has 1 rings (SSSR count). The van der Waals surface area contributed by atoms with E-state index in [1.54, 1.807) is 0 Å². The maximum absolute atomic E-state index is 5.87. The monoisotopic (exact) mass is 264 g/mol. The zero-order chi connectivity index (χ0) is 14.5. The van der Waals surface area contributed by atoms with Crippen molar-refractivity contribution in [1.29, 1.82) is 0 Å². The van der Waals surface area contributed by atoms with E-state index in [-0.39, 0.29) is 11.6 Å². The normalized spacial score (nSPS) is 13.4. The molecule has 0 bridgehead atoms. The van der Waals surface area contributed by atoms with Crippen LogP contribution in [0.4, 0.5) is 0 Å². The Hall–Kier alpha value is -1.09. The van der Waals surface area contributed by atoms with Gasteiger partial charge in [-0.2, -0.15) is 0 Å². The highest BCUT2D eigenvalue weighted by molar-refractivity contribution is 5.24. The van der Waals surface area contributed by atoms with E-state index in [1.807, 2.05) is 13.0 Å². The second-order valence-corrected chi connectivity index (χ2v) is 6.28. The summed E-state index contributed by atoms with van der Waals surface area (Å²) >= 11 is 0. The van der Waals surface area contributed by atoms with Crippen molar-refractivity contribution in [3.63, 3.8) is 0 Å². The fourth-order valence-corrected chi connectivity index (χ4v) is 1.91. The topological polar surface area (TPSA) is 34.1 Å². The van der Waals surface area contributed by atoms with Gasteiger partial charge in [-0.3, -0.25) is 0 Å². The van der Waals surface area contributed by atoms with Crippen LogP contribution in [0.25, 0.3) is 0 Å². The first-order chi connectivity index (χ1) is 8.80. The van der Waals surface area contributed by atoms with E-state index in [9.17, 15) is 0 Å². The number of aromatic nitrogens is 1. The van der Waals surface area contributed by atoms with Gasteiger partial charge in [0.15, 0.2) is 0 Å². The van der Waals surface area contributed by atoms with Gasteiger partial charge < -0.3 is 10.1 Å². The lowest BCUT2D eigenvalue weighted by Crippen LogP contribution is -2.35. The van der Waals surface area contributed by atoms with Crippen LogP contribution in [0.5, 0.6) is 5.88 Å². The Kier molecular flexibility index (Phi) is 5.80. The van der Waals surface area contributed by atoms with Crippen LogP contribution in [0.2, 0.25) is 0 Å². The molecule has 0 saturated carbocycles. The van der Waals surface area contributed by atoms with Gasteiger partial charge in [0.2, 0.25) is 5.88 Å². The number of hydrogen-bond donors (Lipinski definition) is 1. The molecule has 1 aromatic heterocycles. The molecule has 3 heteroatoms. The summed E-state index contributed by atoms with van der Waals surface area (Å²) in [5, 5.41) is 3.49. The summed E-state index contributed by atoms with van der Waals surface area (Å²) in [5.74, 6) is 0.742. The molecular formula is C16H28N2O. The molecule has 1 aromatic rings. The number of pyridine rings is 1. The first-order valence-corrected chi connectivity index (χ1v) is 7.19. The summed E-state index contributed by atoms with van der Waals surface area (Å²) < 4.78 is 5.87. The van der Waals surface area contributed by atoms with Crippen LogP contribution in [-0.2, 0) is 6.54 Å². The predicted molar refractivity (Wildman–Crippen MR) is 80.6 cm³/mol. The standard InChI is InChI=1S/C16H28N2O/c1-7-8-13(3)19-15-10-14(9-12(2)18-15)11-17-16(4,5)6/h9-10,13,17H,7-8,11H2,1-6H3. The third-order valence-corrected chi connectivity index (χ3v) is 2.83. The van der Waals surface area contributed by atoms with Gasteiger partial charge in [-0.25, -0.2) is 4.98 Å². The Morgan fingerprint density at radius 2 is 2.00 bits per heavy atom. The molecule has 1 unspecified atom stereocenters. The Labute approximate surface area is 117 Å². The van der Waals surface area contributed by atoms with E-state index < -0.39 is 0 Å². The number of nitrogens with one attached hydrogen (secondary N) is 1. The number of hydrogen-bond acceptors (Lipinski definition) is 3. The molecule has 19 heavy (non-hydrogen) atoms. The van der Waals surface area contributed by atoms with E-state index >= 15 is 0 Å². The van der Waals surface area contributed by atoms with E-state index in [2.05, 4.69) is 51.0 Å². The van der Waals surface area contributed by atoms with Crippen molar-refractivity contribution in [1.82, 2.24) is 10.3 Å². The van der Waals surface area contributed by atoms with Crippen molar-refractivity contribution in [3.8, 4) is 5.88 Å². The van der Waals surface area contributed by atoms with Gasteiger partial charge in [0, 0.05) is 23.8 Å². The minimum Gasteiger partial charge on any atom is -0.475 e. The predicted octanol–water partition coefficient (Wildman–Crippen LogP) is 3.85. The van der Waals surface area contributed by atoms with Gasteiger partial charge in [0.05, 0.1) is 6.10 Å². The van der Waals surface area contributed by atoms with E-state index in [0.29, 0.717) is 0 Å². The van der Waals surface area contributed by atoms with Crippen LogP contribution in [0.15, 0.2) is 12.1 Å². The maximum Gasteiger partial charge on any atom is 0.214 e. The quantitative estimate of drug-likeness (QED) is 0.847. The molecular weight excluding hydrogens is 236 g/mol. The molecule has 1 N–H and O–H groups in total. The maximum atomic E-state index is 5.87. The van der Waals surface area contributed by atoms with Crippen molar-refractivity contribution in [2.75, 3.05) is 0 Å². The molecule has 0 aliphatic rings. The van der Waals surface area contributed by atoms with Crippen molar-refractivity contribution in [2.45, 2.75) is 72.6 Å². The van der Waals surface area contributed by atoms with Crippen molar-refractivity contribution in [2.24, 2.45) is 0 Å². The minimum atomic E-state index is 0.119. The lowest BCUT2D eigenvalue weighted by Gasteiger charge is -2.21. The van der Waals surface area contributed by atoms with Gasteiger partial charge in [-0.05, 0) is 52.7 Å². The molecule has 0 aliphatic heterocycles. The van der Waals surface area contributed by atoms with E-state index in [0.717, 1.165) is 31.0 Å². The third-order valence-electron chi connectivity index (χ3n) is 2.83. The van der Waals surface area contributed by atoms with Crippen molar-refractivity contribution in [3.05, 3.63) is 23.4 Å². The Morgan fingerprint density at radius 1 is 1.32 bits per heavy atom. The lowest BCUT2D eigenvalue weighted by atomic mass is 10.1. The first kappa shape index (κ1) is 16.0. The van der Waals surface area contributed by atoms with Gasteiger partial charge in [0.1, 0.15) is 0 Å². The minimum absolute atomic E-state index is 0.119. The molecule has 1 atom stereocenters. The molecule has 0 radical (unpaired) electrons. The molecule has 0 aliphatic carbocycles. The highest BCUT2D eigenvalue weighted by Gasteiger charge is 2.10. The SMILES string of the molecule is CCCC(C)Oc1cc(CNC(C)(C)C)cc(C)n1. The highest BCUT2D eigenvalue weighted by Crippen LogP contribution is 2.16. The Bertz CT molecular complexity index is 396. The van der Waals surface area contributed by atoms with Crippen LogP contribution >= 0.6 is 0 Å². The Morgan fingerprint density at radius 3 is 2.58 bits per heavy atom. The second-order valence-electron chi connectivity index (χ2n) is 6.28. The van der Waals surface area contributed by atoms with Crippen molar-refractivity contribution < 1.29 is 4.74 Å². The lowest BCUT2D eigenvalue weighted by molar-refractivity contribution is 0.201.